The van der Waals surface area contributed by atoms with Crippen molar-refractivity contribution < 1.29 is 4.74 Å². The third-order valence-corrected chi connectivity index (χ3v) is 5.07. The highest BCUT2D eigenvalue weighted by molar-refractivity contribution is 4.98. The third kappa shape index (κ3) is 4.94. The fourth-order valence-electron chi connectivity index (χ4n) is 3.92. The number of hydrogen-bond acceptors (Lipinski definition) is 3. The molecule has 0 spiro atoms. The van der Waals surface area contributed by atoms with Crippen molar-refractivity contribution in [2.75, 3.05) is 19.7 Å². The maximum Gasteiger partial charge on any atom is 0.0593 e. The molecular weight excluding hydrogens is 260 g/mol. The van der Waals surface area contributed by atoms with Gasteiger partial charge in [0.05, 0.1) is 6.10 Å². The highest BCUT2D eigenvalue weighted by Crippen LogP contribution is 2.35. The molecule has 0 aromatic carbocycles. The van der Waals surface area contributed by atoms with Gasteiger partial charge in [0.1, 0.15) is 0 Å². The van der Waals surface area contributed by atoms with E-state index in [0.717, 1.165) is 32.5 Å². The lowest BCUT2D eigenvalue weighted by Gasteiger charge is -2.52. The van der Waals surface area contributed by atoms with Crippen molar-refractivity contribution in [3.8, 4) is 0 Å². The summed E-state index contributed by atoms with van der Waals surface area (Å²) in [4.78, 5) is 2.75. The minimum Gasteiger partial charge on any atom is -0.378 e. The van der Waals surface area contributed by atoms with Crippen LogP contribution in [0.3, 0.4) is 0 Å². The van der Waals surface area contributed by atoms with Gasteiger partial charge in [0, 0.05) is 31.3 Å². The molecule has 1 rings (SSSR count). The van der Waals surface area contributed by atoms with E-state index in [0.29, 0.717) is 18.1 Å². The Labute approximate surface area is 132 Å². The van der Waals surface area contributed by atoms with Crippen LogP contribution >= 0.6 is 0 Å². The summed E-state index contributed by atoms with van der Waals surface area (Å²) in [6, 6.07) is 0.649. The average molecular weight is 299 g/mol. The molecule has 3 heteroatoms. The molecule has 0 radical (unpaired) electrons. The molecule has 0 bridgehead atoms. The molecule has 21 heavy (non-hydrogen) atoms. The largest absolute Gasteiger partial charge is 0.378 e. The van der Waals surface area contributed by atoms with Crippen LogP contribution in [0, 0.1) is 5.92 Å². The van der Waals surface area contributed by atoms with Crippen molar-refractivity contribution in [1.29, 1.82) is 0 Å². The minimum atomic E-state index is 0.152. The molecule has 2 N–H and O–H groups in total. The van der Waals surface area contributed by atoms with Crippen LogP contribution in [0.5, 0.6) is 0 Å². The molecule has 2 unspecified atom stereocenters. The maximum absolute atomic E-state index is 6.32. The van der Waals surface area contributed by atoms with Crippen LogP contribution in [0.4, 0.5) is 0 Å². The molecule has 1 aliphatic heterocycles. The fraction of sp³-hybridized carbons (Fsp3) is 1.00. The van der Waals surface area contributed by atoms with Crippen molar-refractivity contribution in [2.24, 2.45) is 11.7 Å². The molecule has 126 valence electrons. The van der Waals surface area contributed by atoms with Crippen molar-refractivity contribution in [3.63, 3.8) is 0 Å². The van der Waals surface area contributed by atoms with E-state index in [4.69, 9.17) is 10.5 Å². The Bertz CT molecular complexity index is 276. The third-order valence-electron chi connectivity index (χ3n) is 5.07. The first kappa shape index (κ1) is 18.9. The second kappa shape index (κ2) is 9.12. The molecular formula is C18H38N2O. The lowest BCUT2D eigenvalue weighted by atomic mass is 9.81. The number of nitrogens with zero attached hydrogens (tertiary/aromatic N) is 1. The summed E-state index contributed by atoms with van der Waals surface area (Å²) in [6.07, 6.45) is 7.39. The topological polar surface area (TPSA) is 38.5 Å². The van der Waals surface area contributed by atoms with Crippen LogP contribution in [0.15, 0.2) is 0 Å². The van der Waals surface area contributed by atoms with Gasteiger partial charge in [0.25, 0.3) is 0 Å². The average Bonchev–Trinajstić information content (AvgIpc) is 2.47. The van der Waals surface area contributed by atoms with E-state index in [1.54, 1.807) is 0 Å². The molecule has 0 aromatic rings. The SMILES string of the molecule is CCCC1CC(CN)(N(CC(C)C)C(CC)CC)CCO1. The Morgan fingerprint density at radius 3 is 2.38 bits per heavy atom. The first-order chi connectivity index (χ1) is 10.0. The van der Waals surface area contributed by atoms with Gasteiger partial charge in [-0.1, -0.05) is 41.0 Å². The number of hydrogen-bond donors (Lipinski definition) is 1. The highest BCUT2D eigenvalue weighted by atomic mass is 16.5. The number of ether oxygens (including phenoxy) is 1. The van der Waals surface area contributed by atoms with Crippen LogP contribution in [-0.2, 0) is 4.74 Å². The lowest BCUT2D eigenvalue weighted by molar-refractivity contribution is -0.0905. The van der Waals surface area contributed by atoms with Crippen molar-refractivity contribution in [2.45, 2.75) is 90.8 Å². The summed E-state index contributed by atoms with van der Waals surface area (Å²) < 4.78 is 6.00. The van der Waals surface area contributed by atoms with Crippen LogP contribution in [-0.4, -0.2) is 42.3 Å². The molecule has 0 aromatic heterocycles. The summed E-state index contributed by atoms with van der Waals surface area (Å²) >= 11 is 0. The van der Waals surface area contributed by atoms with E-state index < -0.39 is 0 Å². The number of rotatable bonds is 9. The molecule has 0 saturated carbocycles. The van der Waals surface area contributed by atoms with E-state index in [2.05, 4.69) is 39.5 Å². The zero-order valence-electron chi connectivity index (χ0n) is 15.0. The zero-order valence-corrected chi connectivity index (χ0v) is 15.0. The molecule has 1 heterocycles. The van der Waals surface area contributed by atoms with Gasteiger partial charge in [0.2, 0.25) is 0 Å². The lowest BCUT2D eigenvalue weighted by Crippen LogP contribution is -2.62. The Hall–Kier alpha value is -0.120. The van der Waals surface area contributed by atoms with Crippen LogP contribution in [0.1, 0.15) is 73.1 Å². The summed E-state index contributed by atoms with van der Waals surface area (Å²) in [7, 11) is 0. The normalized spacial score (nSPS) is 27.0. The summed E-state index contributed by atoms with van der Waals surface area (Å²) in [6.45, 7) is 14.3. The molecule has 0 amide bonds. The van der Waals surface area contributed by atoms with Gasteiger partial charge < -0.3 is 10.5 Å². The first-order valence-corrected chi connectivity index (χ1v) is 9.11. The highest BCUT2D eigenvalue weighted by Gasteiger charge is 2.42. The first-order valence-electron chi connectivity index (χ1n) is 9.11. The molecule has 1 aliphatic rings. The van der Waals surface area contributed by atoms with Gasteiger partial charge in [-0.3, -0.25) is 4.90 Å². The van der Waals surface area contributed by atoms with E-state index in [1.807, 2.05) is 0 Å². The van der Waals surface area contributed by atoms with E-state index in [1.165, 1.54) is 25.7 Å². The molecule has 1 fully saturated rings. The van der Waals surface area contributed by atoms with Gasteiger partial charge in [-0.25, -0.2) is 0 Å². The Morgan fingerprint density at radius 1 is 1.24 bits per heavy atom. The van der Waals surface area contributed by atoms with E-state index >= 15 is 0 Å². The van der Waals surface area contributed by atoms with Crippen molar-refractivity contribution >= 4 is 0 Å². The molecule has 3 nitrogen and oxygen atoms in total. The van der Waals surface area contributed by atoms with Gasteiger partial charge in [-0.15, -0.1) is 0 Å². The zero-order chi connectivity index (χ0) is 15.9. The Morgan fingerprint density at radius 2 is 1.90 bits per heavy atom. The second-order valence-corrected chi connectivity index (χ2v) is 7.18. The van der Waals surface area contributed by atoms with Crippen LogP contribution in [0.2, 0.25) is 0 Å². The summed E-state index contributed by atoms with van der Waals surface area (Å²) in [5.41, 5.74) is 6.48. The standard InChI is InChI=1S/C18H38N2O/c1-6-9-17-12-18(14-19,10-11-21-17)20(13-15(4)5)16(7-2)8-3/h15-17H,6-14,19H2,1-5H3. The quantitative estimate of drug-likeness (QED) is 0.703. The fourth-order valence-corrected chi connectivity index (χ4v) is 3.92. The van der Waals surface area contributed by atoms with E-state index in [-0.39, 0.29) is 5.54 Å². The summed E-state index contributed by atoms with van der Waals surface area (Å²) in [5.74, 6) is 0.682. The van der Waals surface area contributed by atoms with Crippen LogP contribution in [0.25, 0.3) is 0 Å². The Balaban J connectivity index is 2.97. The van der Waals surface area contributed by atoms with Gasteiger partial charge >= 0.3 is 0 Å². The monoisotopic (exact) mass is 298 g/mol. The number of nitrogens with two attached hydrogens (primary N) is 1. The molecule has 1 saturated heterocycles. The van der Waals surface area contributed by atoms with Crippen molar-refractivity contribution in [1.82, 2.24) is 4.90 Å². The van der Waals surface area contributed by atoms with E-state index in [9.17, 15) is 0 Å². The van der Waals surface area contributed by atoms with Gasteiger partial charge in [-0.05, 0) is 38.0 Å². The van der Waals surface area contributed by atoms with Crippen molar-refractivity contribution in [3.05, 3.63) is 0 Å². The Kier molecular flexibility index (Phi) is 8.22. The van der Waals surface area contributed by atoms with Gasteiger partial charge in [0.15, 0.2) is 0 Å². The second-order valence-electron chi connectivity index (χ2n) is 7.18. The summed E-state index contributed by atoms with van der Waals surface area (Å²) in [5, 5.41) is 0. The molecule has 2 atom stereocenters. The minimum absolute atomic E-state index is 0.152. The predicted molar refractivity (Wildman–Crippen MR) is 91.6 cm³/mol. The maximum atomic E-state index is 6.32. The van der Waals surface area contributed by atoms with Crippen LogP contribution < -0.4 is 5.73 Å². The smallest absolute Gasteiger partial charge is 0.0593 e. The predicted octanol–water partition coefficient (Wildman–Crippen LogP) is 3.81. The van der Waals surface area contributed by atoms with Gasteiger partial charge in [-0.2, -0.15) is 0 Å². The molecule has 0 aliphatic carbocycles.